The maximum atomic E-state index is 11.5. The molecule has 0 bridgehead atoms. The molecular formula is C10H7BrClNO. The zero-order chi connectivity index (χ0) is 10.6. The van der Waals surface area contributed by atoms with Gasteiger partial charge < -0.3 is 5.32 Å². The summed E-state index contributed by atoms with van der Waals surface area (Å²) in [6, 6.07) is 5.14. The van der Waals surface area contributed by atoms with Gasteiger partial charge in [-0.15, -0.1) is 6.42 Å². The van der Waals surface area contributed by atoms with E-state index in [4.69, 9.17) is 18.0 Å². The van der Waals surface area contributed by atoms with E-state index in [9.17, 15) is 4.79 Å². The van der Waals surface area contributed by atoms with Gasteiger partial charge in [-0.25, -0.2) is 0 Å². The number of nitrogens with one attached hydrogen (secondary N) is 1. The molecule has 0 aromatic heterocycles. The Kier molecular flexibility index (Phi) is 3.99. The second-order valence-corrected chi connectivity index (χ2v) is 3.72. The quantitative estimate of drug-likeness (QED) is 0.823. The molecular weight excluding hydrogens is 265 g/mol. The summed E-state index contributed by atoms with van der Waals surface area (Å²) < 4.78 is 0.688. The van der Waals surface area contributed by atoms with Gasteiger partial charge in [0.1, 0.15) is 0 Å². The first-order valence-electron chi connectivity index (χ1n) is 3.82. The first kappa shape index (κ1) is 11.1. The highest BCUT2D eigenvalue weighted by Gasteiger charge is 2.10. The third-order valence-corrected chi connectivity index (χ3v) is 2.84. The summed E-state index contributed by atoms with van der Waals surface area (Å²) in [6.45, 7) is 0.196. The highest BCUT2D eigenvalue weighted by molar-refractivity contribution is 9.10. The smallest absolute Gasteiger partial charge is 0.253 e. The first-order chi connectivity index (χ1) is 6.66. The molecule has 0 saturated heterocycles. The molecule has 1 aromatic carbocycles. The second-order valence-electron chi connectivity index (χ2n) is 2.49. The van der Waals surface area contributed by atoms with Crippen molar-refractivity contribution in [3.63, 3.8) is 0 Å². The van der Waals surface area contributed by atoms with Crippen LogP contribution in [0.15, 0.2) is 22.7 Å². The topological polar surface area (TPSA) is 29.1 Å². The van der Waals surface area contributed by atoms with E-state index in [0.717, 1.165) is 0 Å². The molecule has 0 heterocycles. The standard InChI is InChI=1S/C10H7BrClNO/c1-2-6-13-10(14)7-4-3-5-8(11)9(7)12/h1,3-5H,6H2,(H,13,14). The fourth-order valence-electron chi connectivity index (χ4n) is 0.906. The molecule has 0 aliphatic carbocycles. The molecule has 14 heavy (non-hydrogen) atoms. The first-order valence-corrected chi connectivity index (χ1v) is 4.99. The number of carbonyl (C=O) groups is 1. The number of hydrogen-bond acceptors (Lipinski definition) is 1. The van der Waals surface area contributed by atoms with Crippen LogP contribution < -0.4 is 5.32 Å². The zero-order valence-electron chi connectivity index (χ0n) is 7.18. The number of carbonyl (C=O) groups excluding carboxylic acids is 1. The Morgan fingerprint density at radius 1 is 1.64 bits per heavy atom. The number of halogens is 2. The van der Waals surface area contributed by atoms with E-state index in [2.05, 4.69) is 27.2 Å². The summed E-state index contributed by atoms with van der Waals surface area (Å²) >= 11 is 9.14. The number of hydrogen-bond donors (Lipinski definition) is 1. The van der Waals surface area contributed by atoms with Gasteiger partial charge in [-0.2, -0.15) is 0 Å². The monoisotopic (exact) mass is 271 g/mol. The summed E-state index contributed by atoms with van der Waals surface area (Å²) in [6.07, 6.45) is 5.02. The van der Waals surface area contributed by atoms with Gasteiger partial charge in [-0.1, -0.05) is 23.6 Å². The summed E-state index contributed by atoms with van der Waals surface area (Å²) in [7, 11) is 0. The molecule has 0 radical (unpaired) electrons. The van der Waals surface area contributed by atoms with Crippen LogP contribution in [0.2, 0.25) is 5.02 Å². The molecule has 1 rings (SSSR count). The fraction of sp³-hybridized carbons (Fsp3) is 0.100. The molecule has 72 valence electrons. The average Bonchev–Trinajstić information content (AvgIpc) is 2.18. The van der Waals surface area contributed by atoms with Crippen LogP contribution in [0.5, 0.6) is 0 Å². The molecule has 1 N–H and O–H groups in total. The van der Waals surface area contributed by atoms with Crippen LogP contribution in [0.1, 0.15) is 10.4 Å². The Labute approximate surface area is 95.8 Å². The Hall–Kier alpha value is -0.980. The molecule has 0 saturated carbocycles. The molecule has 4 heteroatoms. The highest BCUT2D eigenvalue weighted by Crippen LogP contribution is 2.25. The number of rotatable bonds is 2. The second kappa shape index (κ2) is 5.04. The number of benzene rings is 1. The van der Waals surface area contributed by atoms with Crippen LogP contribution in [0.4, 0.5) is 0 Å². The third-order valence-electron chi connectivity index (χ3n) is 1.55. The van der Waals surface area contributed by atoms with E-state index < -0.39 is 0 Å². The van der Waals surface area contributed by atoms with E-state index in [1.165, 1.54) is 0 Å². The van der Waals surface area contributed by atoms with Crippen molar-refractivity contribution in [2.45, 2.75) is 0 Å². The van der Waals surface area contributed by atoms with Crippen molar-refractivity contribution in [3.05, 3.63) is 33.3 Å². The maximum absolute atomic E-state index is 11.5. The normalized spacial score (nSPS) is 9.21. The minimum atomic E-state index is -0.269. The van der Waals surface area contributed by atoms with Crippen molar-refractivity contribution in [1.82, 2.24) is 5.32 Å². The van der Waals surface area contributed by atoms with E-state index >= 15 is 0 Å². The third kappa shape index (κ3) is 2.50. The molecule has 0 spiro atoms. The molecule has 0 aliphatic rings. The SMILES string of the molecule is C#CCNC(=O)c1cccc(Br)c1Cl. The summed E-state index contributed by atoms with van der Waals surface area (Å²) in [4.78, 5) is 11.5. The minimum Gasteiger partial charge on any atom is -0.341 e. The highest BCUT2D eigenvalue weighted by atomic mass is 79.9. The van der Waals surface area contributed by atoms with Gasteiger partial charge in [-0.3, -0.25) is 4.79 Å². The lowest BCUT2D eigenvalue weighted by Crippen LogP contribution is -2.23. The Bertz CT molecular complexity index is 398. The van der Waals surface area contributed by atoms with Gasteiger partial charge in [0.05, 0.1) is 17.1 Å². The Balaban J connectivity index is 2.91. The van der Waals surface area contributed by atoms with Gasteiger partial charge in [0.2, 0.25) is 0 Å². The molecule has 1 aromatic rings. The van der Waals surface area contributed by atoms with Crippen molar-refractivity contribution < 1.29 is 4.79 Å². The van der Waals surface area contributed by atoms with E-state index in [1.807, 2.05) is 0 Å². The van der Waals surface area contributed by atoms with Gasteiger partial charge in [-0.05, 0) is 28.1 Å². The maximum Gasteiger partial charge on any atom is 0.253 e. The predicted molar refractivity (Wildman–Crippen MR) is 60.3 cm³/mol. The van der Waals surface area contributed by atoms with Crippen molar-refractivity contribution in [3.8, 4) is 12.3 Å². The van der Waals surface area contributed by atoms with Crippen molar-refractivity contribution in [2.75, 3.05) is 6.54 Å². The molecule has 2 nitrogen and oxygen atoms in total. The van der Waals surface area contributed by atoms with E-state index in [0.29, 0.717) is 15.1 Å². The molecule has 0 aliphatic heterocycles. The lowest BCUT2D eigenvalue weighted by atomic mass is 10.2. The average molecular weight is 273 g/mol. The molecule has 1 amide bonds. The largest absolute Gasteiger partial charge is 0.341 e. The number of amides is 1. The van der Waals surface area contributed by atoms with Crippen molar-refractivity contribution in [1.29, 1.82) is 0 Å². The summed E-state index contributed by atoms with van der Waals surface area (Å²) in [5.41, 5.74) is 0.413. The van der Waals surface area contributed by atoms with Crippen LogP contribution >= 0.6 is 27.5 Å². The van der Waals surface area contributed by atoms with Crippen molar-refractivity contribution >= 4 is 33.4 Å². The summed E-state index contributed by atoms with van der Waals surface area (Å²) in [5.74, 6) is 2.05. The molecule has 0 unspecified atom stereocenters. The van der Waals surface area contributed by atoms with Crippen LogP contribution in [-0.4, -0.2) is 12.5 Å². The minimum absolute atomic E-state index is 0.196. The van der Waals surface area contributed by atoms with Gasteiger partial charge in [0, 0.05) is 4.47 Å². The van der Waals surface area contributed by atoms with Gasteiger partial charge >= 0.3 is 0 Å². The Morgan fingerprint density at radius 2 is 2.36 bits per heavy atom. The lowest BCUT2D eigenvalue weighted by molar-refractivity contribution is 0.0959. The lowest BCUT2D eigenvalue weighted by Gasteiger charge is -2.04. The van der Waals surface area contributed by atoms with E-state index in [1.54, 1.807) is 18.2 Å². The van der Waals surface area contributed by atoms with Crippen LogP contribution in [0.3, 0.4) is 0 Å². The summed E-state index contributed by atoms with van der Waals surface area (Å²) in [5, 5.41) is 2.93. The van der Waals surface area contributed by atoms with Crippen LogP contribution in [0, 0.1) is 12.3 Å². The molecule has 0 fully saturated rings. The van der Waals surface area contributed by atoms with Crippen LogP contribution in [-0.2, 0) is 0 Å². The Morgan fingerprint density at radius 3 is 3.00 bits per heavy atom. The zero-order valence-corrected chi connectivity index (χ0v) is 9.52. The fourth-order valence-corrected chi connectivity index (χ4v) is 1.48. The van der Waals surface area contributed by atoms with Gasteiger partial charge in [0.15, 0.2) is 0 Å². The predicted octanol–water partition coefficient (Wildman–Crippen LogP) is 2.47. The van der Waals surface area contributed by atoms with Crippen molar-refractivity contribution in [2.24, 2.45) is 0 Å². The van der Waals surface area contributed by atoms with E-state index in [-0.39, 0.29) is 12.5 Å². The van der Waals surface area contributed by atoms with Gasteiger partial charge in [0.25, 0.3) is 5.91 Å². The molecule has 0 atom stereocenters. The van der Waals surface area contributed by atoms with Crippen LogP contribution in [0.25, 0.3) is 0 Å². The number of terminal acetylenes is 1.